The van der Waals surface area contributed by atoms with Gasteiger partial charge in [-0.25, -0.2) is 4.79 Å². The summed E-state index contributed by atoms with van der Waals surface area (Å²) >= 11 is 0. The van der Waals surface area contributed by atoms with E-state index in [1.807, 2.05) is 25.1 Å². The van der Waals surface area contributed by atoms with Crippen molar-refractivity contribution in [1.82, 2.24) is 0 Å². The molecule has 0 N–H and O–H groups in total. The van der Waals surface area contributed by atoms with Crippen LogP contribution in [-0.4, -0.2) is 61.7 Å². The molecule has 0 bridgehead atoms. The summed E-state index contributed by atoms with van der Waals surface area (Å²) in [6, 6.07) is 7.38. The normalized spacial score (nSPS) is 22.3. The minimum atomic E-state index is -1.10. The molecule has 0 saturated carbocycles. The van der Waals surface area contributed by atoms with Crippen LogP contribution in [-0.2, 0) is 47.6 Å². The largest absolute Gasteiger partial charge is 0.463 e. The summed E-state index contributed by atoms with van der Waals surface area (Å²) < 4.78 is 32.5. The summed E-state index contributed by atoms with van der Waals surface area (Å²) in [4.78, 5) is 47.3. The zero-order chi connectivity index (χ0) is 25.3. The molecule has 2 rings (SSSR count). The van der Waals surface area contributed by atoms with Crippen molar-refractivity contribution < 1.29 is 47.6 Å². The molecule has 1 aliphatic heterocycles. The Morgan fingerprint density at radius 2 is 1.71 bits per heavy atom. The van der Waals surface area contributed by atoms with Crippen molar-refractivity contribution in [3.8, 4) is 0 Å². The first-order valence-corrected chi connectivity index (χ1v) is 10.8. The highest BCUT2D eigenvalue weighted by Crippen LogP contribution is 2.29. The van der Waals surface area contributed by atoms with Crippen LogP contribution in [0.25, 0.3) is 6.08 Å². The van der Waals surface area contributed by atoms with Crippen LogP contribution in [0.5, 0.6) is 0 Å². The zero-order valence-electron chi connectivity index (χ0n) is 19.9. The second-order valence-corrected chi connectivity index (χ2v) is 7.63. The standard InChI is InChI=1S/C24H30O10/c1-6-29-24(28)20(11-18-9-7-8-14(2)10-18)33-22-12-19(31-16(4)26)23(32-17(5)27)21(34-22)13-30-15(3)25/h7-11,19,21-23H,6,12-13H2,1-5H3/b20-11-. The second kappa shape index (κ2) is 12.7. The first-order valence-electron chi connectivity index (χ1n) is 10.8. The topological polar surface area (TPSA) is 124 Å². The van der Waals surface area contributed by atoms with Crippen LogP contribution in [0.4, 0.5) is 0 Å². The predicted octanol–water partition coefficient (Wildman–Crippen LogP) is 2.46. The lowest BCUT2D eigenvalue weighted by Gasteiger charge is -2.39. The minimum Gasteiger partial charge on any atom is -0.463 e. The van der Waals surface area contributed by atoms with Crippen LogP contribution in [0.15, 0.2) is 30.0 Å². The number of hydrogen-bond donors (Lipinski definition) is 0. The molecule has 4 atom stereocenters. The van der Waals surface area contributed by atoms with Gasteiger partial charge in [0.2, 0.25) is 12.0 Å². The molecule has 0 aliphatic carbocycles. The maximum absolute atomic E-state index is 12.6. The van der Waals surface area contributed by atoms with Crippen molar-refractivity contribution in [3.05, 3.63) is 41.2 Å². The van der Waals surface area contributed by atoms with E-state index in [1.54, 1.807) is 13.0 Å². The van der Waals surface area contributed by atoms with Gasteiger partial charge in [0.1, 0.15) is 18.8 Å². The second-order valence-electron chi connectivity index (χ2n) is 7.63. The van der Waals surface area contributed by atoms with E-state index in [9.17, 15) is 19.2 Å². The van der Waals surface area contributed by atoms with Gasteiger partial charge >= 0.3 is 23.9 Å². The number of esters is 4. The molecule has 186 valence electrons. The van der Waals surface area contributed by atoms with Crippen LogP contribution >= 0.6 is 0 Å². The highest BCUT2D eigenvalue weighted by molar-refractivity contribution is 5.91. The van der Waals surface area contributed by atoms with Crippen LogP contribution in [0.3, 0.4) is 0 Å². The lowest BCUT2D eigenvalue weighted by Crippen LogP contribution is -2.54. The summed E-state index contributed by atoms with van der Waals surface area (Å²) in [6.45, 7) is 7.02. The molecule has 1 aliphatic rings. The van der Waals surface area contributed by atoms with Gasteiger partial charge in [-0.1, -0.05) is 29.8 Å². The average Bonchev–Trinajstić information content (AvgIpc) is 2.73. The van der Waals surface area contributed by atoms with Crippen LogP contribution in [0.2, 0.25) is 0 Å². The fourth-order valence-corrected chi connectivity index (χ4v) is 3.37. The summed E-state index contributed by atoms with van der Waals surface area (Å²) in [7, 11) is 0. The molecule has 1 fully saturated rings. The smallest absolute Gasteiger partial charge is 0.373 e. The molecule has 1 heterocycles. The summed E-state index contributed by atoms with van der Waals surface area (Å²) in [5.41, 5.74) is 1.68. The van der Waals surface area contributed by atoms with E-state index in [0.717, 1.165) is 5.56 Å². The highest BCUT2D eigenvalue weighted by atomic mass is 16.7. The first kappa shape index (κ1) is 26.8. The number of hydrogen-bond acceptors (Lipinski definition) is 10. The molecule has 10 heteroatoms. The van der Waals surface area contributed by atoms with Crippen molar-refractivity contribution in [2.75, 3.05) is 13.2 Å². The lowest BCUT2D eigenvalue weighted by atomic mass is 10.0. The first-order chi connectivity index (χ1) is 16.1. The Morgan fingerprint density at radius 3 is 2.29 bits per heavy atom. The van der Waals surface area contributed by atoms with Gasteiger partial charge in [-0.3, -0.25) is 14.4 Å². The summed E-state index contributed by atoms with van der Waals surface area (Å²) in [5, 5.41) is 0. The van der Waals surface area contributed by atoms with Crippen LogP contribution in [0, 0.1) is 6.92 Å². The van der Waals surface area contributed by atoms with E-state index in [-0.39, 0.29) is 25.4 Å². The number of rotatable bonds is 9. The van der Waals surface area contributed by atoms with Gasteiger partial charge in [-0.2, -0.15) is 0 Å². The molecular weight excluding hydrogens is 448 g/mol. The van der Waals surface area contributed by atoms with E-state index in [0.29, 0.717) is 5.56 Å². The third kappa shape index (κ3) is 8.51. The Labute approximate surface area is 198 Å². The Balaban J connectivity index is 2.35. The Kier molecular flexibility index (Phi) is 10.1. The molecule has 4 unspecified atom stereocenters. The van der Waals surface area contributed by atoms with Crippen molar-refractivity contribution in [3.63, 3.8) is 0 Å². The van der Waals surface area contributed by atoms with Gasteiger partial charge in [-0.15, -0.1) is 0 Å². The van der Waals surface area contributed by atoms with Gasteiger partial charge in [-0.05, 0) is 25.5 Å². The van der Waals surface area contributed by atoms with Gasteiger partial charge in [0.15, 0.2) is 6.10 Å². The maximum Gasteiger partial charge on any atom is 0.373 e. The monoisotopic (exact) mass is 478 g/mol. The number of aryl methyl sites for hydroxylation is 1. The Morgan fingerprint density at radius 1 is 1.00 bits per heavy atom. The van der Waals surface area contributed by atoms with Crippen molar-refractivity contribution >= 4 is 30.0 Å². The minimum absolute atomic E-state index is 0.0569. The van der Waals surface area contributed by atoms with Gasteiger partial charge in [0, 0.05) is 20.8 Å². The molecular formula is C24H30O10. The Bertz CT molecular complexity index is 922. The maximum atomic E-state index is 12.6. The van der Waals surface area contributed by atoms with Gasteiger partial charge < -0.3 is 28.4 Å². The van der Waals surface area contributed by atoms with Gasteiger partial charge in [0.25, 0.3) is 0 Å². The van der Waals surface area contributed by atoms with E-state index in [4.69, 9.17) is 28.4 Å². The van der Waals surface area contributed by atoms with Crippen molar-refractivity contribution in [1.29, 1.82) is 0 Å². The van der Waals surface area contributed by atoms with E-state index < -0.39 is 48.5 Å². The van der Waals surface area contributed by atoms with Crippen molar-refractivity contribution in [2.24, 2.45) is 0 Å². The number of benzene rings is 1. The van der Waals surface area contributed by atoms with Crippen LogP contribution < -0.4 is 0 Å². The molecule has 1 aromatic carbocycles. The number of carbonyl (C=O) groups excluding carboxylic acids is 4. The molecule has 34 heavy (non-hydrogen) atoms. The quantitative estimate of drug-likeness (QED) is 0.226. The number of carbonyl (C=O) groups is 4. The molecule has 0 spiro atoms. The SMILES string of the molecule is CCOC(=O)/C(=C/c1cccc(C)c1)OC1CC(OC(C)=O)C(OC(C)=O)C(COC(C)=O)O1. The Hall–Kier alpha value is -3.40. The van der Waals surface area contributed by atoms with Crippen molar-refractivity contribution in [2.45, 2.75) is 65.6 Å². The molecule has 0 radical (unpaired) electrons. The molecule has 0 amide bonds. The molecule has 10 nitrogen and oxygen atoms in total. The lowest BCUT2D eigenvalue weighted by molar-refractivity contribution is -0.257. The zero-order valence-corrected chi connectivity index (χ0v) is 19.9. The highest BCUT2D eigenvalue weighted by Gasteiger charge is 2.45. The van der Waals surface area contributed by atoms with E-state index in [2.05, 4.69) is 0 Å². The number of ether oxygens (including phenoxy) is 6. The van der Waals surface area contributed by atoms with E-state index >= 15 is 0 Å². The van der Waals surface area contributed by atoms with E-state index in [1.165, 1.54) is 26.8 Å². The fourth-order valence-electron chi connectivity index (χ4n) is 3.37. The molecule has 1 saturated heterocycles. The molecule has 1 aromatic rings. The van der Waals surface area contributed by atoms with Crippen LogP contribution in [0.1, 0.15) is 45.2 Å². The molecule has 0 aromatic heterocycles. The average molecular weight is 478 g/mol. The third-order valence-electron chi connectivity index (χ3n) is 4.63. The van der Waals surface area contributed by atoms with Gasteiger partial charge in [0.05, 0.1) is 13.0 Å². The third-order valence-corrected chi connectivity index (χ3v) is 4.63. The fraction of sp³-hybridized carbons (Fsp3) is 0.500. The summed E-state index contributed by atoms with van der Waals surface area (Å²) in [5.74, 6) is -2.67. The predicted molar refractivity (Wildman–Crippen MR) is 118 cm³/mol. The summed E-state index contributed by atoms with van der Waals surface area (Å²) in [6.07, 6.45) is -2.68.